The van der Waals surface area contributed by atoms with Gasteiger partial charge in [0.25, 0.3) is 0 Å². The molecule has 6 nitrogen and oxygen atoms in total. The SMILES string of the molecule is Cc1ccc(-c2nnc(SC(C)c3nnc(-c4ccccc4)o3)n2C)cc1. The molecule has 0 radical (unpaired) electrons. The standard InChI is InChI=1S/C20H19N5OS/c1-13-9-11-15(12-10-13)17-21-24-20(25(17)3)27-14(2)18-22-23-19(26-18)16-7-5-4-6-8-16/h4-12,14H,1-3H3. The van der Waals surface area contributed by atoms with Gasteiger partial charge in [0.1, 0.15) is 0 Å². The Morgan fingerprint density at radius 2 is 1.63 bits per heavy atom. The zero-order valence-electron chi connectivity index (χ0n) is 15.3. The van der Waals surface area contributed by atoms with E-state index in [4.69, 9.17) is 4.42 Å². The predicted molar refractivity (Wildman–Crippen MR) is 105 cm³/mol. The molecule has 1 unspecified atom stereocenters. The molecule has 4 rings (SSSR count). The maximum atomic E-state index is 5.85. The molecule has 0 aliphatic heterocycles. The number of aryl methyl sites for hydroxylation is 1. The van der Waals surface area contributed by atoms with Crippen molar-refractivity contribution >= 4 is 11.8 Å². The monoisotopic (exact) mass is 377 g/mol. The molecular formula is C20H19N5OS. The fourth-order valence-electron chi connectivity index (χ4n) is 2.68. The van der Waals surface area contributed by atoms with E-state index in [1.165, 1.54) is 5.56 Å². The average molecular weight is 377 g/mol. The molecule has 0 aliphatic rings. The van der Waals surface area contributed by atoms with Crippen molar-refractivity contribution in [2.24, 2.45) is 7.05 Å². The Balaban J connectivity index is 1.53. The summed E-state index contributed by atoms with van der Waals surface area (Å²) in [7, 11) is 1.97. The normalized spacial score (nSPS) is 12.3. The third-order valence-electron chi connectivity index (χ3n) is 4.24. The van der Waals surface area contributed by atoms with Crippen molar-refractivity contribution in [2.45, 2.75) is 24.3 Å². The van der Waals surface area contributed by atoms with Crippen molar-refractivity contribution in [2.75, 3.05) is 0 Å². The van der Waals surface area contributed by atoms with E-state index in [1.54, 1.807) is 11.8 Å². The van der Waals surface area contributed by atoms with Gasteiger partial charge in [0, 0.05) is 18.2 Å². The first-order valence-electron chi connectivity index (χ1n) is 8.64. The Labute approximate surface area is 161 Å². The largest absolute Gasteiger partial charge is 0.419 e. The summed E-state index contributed by atoms with van der Waals surface area (Å²) < 4.78 is 7.83. The summed E-state index contributed by atoms with van der Waals surface area (Å²) in [6.45, 7) is 4.09. The Morgan fingerprint density at radius 1 is 0.889 bits per heavy atom. The van der Waals surface area contributed by atoms with Crippen molar-refractivity contribution in [3.05, 3.63) is 66.1 Å². The minimum Gasteiger partial charge on any atom is -0.419 e. The van der Waals surface area contributed by atoms with Crippen LogP contribution in [0.1, 0.15) is 23.6 Å². The highest BCUT2D eigenvalue weighted by Crippen LogP contribution is 2.35. The van der Waals surface area contributed by atoms with Gasteiger partial charge in [0.05, 0.1) is 5.25 Å². The van der Waals surface area contributed by atoms with Gasteiger partial charge in [-0.3, -0.25) is 0 Å². The third-order valence-corrected chi connectivity index (χ3v) is 5.36. The number of rotatable bonds is 5. The summed E-state index contributed by atoms with van der Waals surface area (Å²) in [4.78, 5) is 0. The van der Waals surface area contributed by atoms with Gasteiger partial charge >= 0.3 is 0 Å². The molecule has 1 atom stereocenters. The lowest BCUT2D eigenvalue weighted by Gasteiger charge is -2.07. The minimum absolute atomic E-state index is 0.0382. The lowest BCUT2D eigenvalue weighted by Crippen LogP contribution is -1.97. The smallest absolute Gasteiger partial charge is 0.247 e. The summed E-state index contributed by atoms with van der Waals surface area (Å²) in [6, 6.07) is 18.0. The Morgan fingerprint density at radius 3 is 2.37 bits per heavy atom. The molecule has 0 amide bonds. The highest BCUT2D eigenvalue weighted by molar-refractivity contribution is 7.99. The van der Waals surface area contributed by atoms with Crippen molar-refractivity contribution < 1.29 is 4.42 Å². The minimum atomic E-state index is -0.0382. The number of hydrogen-bond acceptors (Lipinski definition) is 6. The highest BCUT2D eigenvalue weighted by atomic mass is 32.2. The number of nitrogens with zero attached hydrogens (tertiary/aromatic N) is 5. The van der Waals surface area contributed by atoms with Crippen LogP contribution in [0, 0.1) is 6.92 Å². The maximum Gasteiger partial charge on any atom is 0.247 e. The van der Waals surface area contributed by atoms with E-state index < -0.39 is 0 Å². The van der Waals surface area contributed by atoms with Gasteiger partial charge in [-0.1, -0.05) is 59.8 Å². The fourth-order valence-corrected chi connectivity index (χ4v) is 3.52. The molecule has 7 heteroatoms. The van der Waals surface area contributed by atoms with E-state index in [2.05, 4.69) is 51.6 Å². The van der Waals surface area contributed by atoms with E-state index in [0.29, 0.717) is 11.8 Å². The van der Waals surface area contributed by atoms with E-state index in [1.807, 2.05) is 48.9 Å². The van der Waals surface area contributed by atoms with Crippen LogP contribution in [0.15, 0.2) is 64.2 Å². The number of thioether (sulfide) groups is 1. The molecule has 0 saturated heterocycles. The van der Waals surface area contributed by atoms with Gasteiger partial charge in [-0.05, 0) is 26.0 Å². The summed E-state index contributed by atoms with van der Waals surface area (Å²) >= 11 is 1.54. The van der Waals surface area contributed by atoms with E-state index in [9.17, 15) is 0 Å². The Bertz CT molecular complexity index is 1040. The first-order valence-corrected chi connectivity index (χ1v) is 9.51. The van der Waals surface area contributed by atoms with Crippen LogP contribution in [0.5, 0.6) is 0 Å². The van der Waals surface area contributed by atoms with Crippen LogP contribution in [-0.4, -0.2) is 25.0 Å². The van der Waals surface area contributed by atoms with E-state index >= 15 is 0 Å². The number of aromatic nitrogens is 5. The molecule has 0 bridgehead atoms. The number of hydrogen-bond donors (Lipinski definition) is 0. The first-order chi connectivity index (χ1) is 13.1. The molecule has 0 saturated carbocycles. The molecule has 4 aromatic rings. The molecule has 27 heavy (non-hydrogen) atoms. The third kappa shape index (κ3) is 3.64. The molecule has 0 spiro atoms. The van der Waals surface area contributed by atoms with Crippen LogP contribution in [0.2, 0.25) is 0 Å². The van der Waals surface area contributed by atoms with E-state index in [-0.39, 0.29) is 5.25 Å². The maximum absolute atomic E-state index is 5.85. The van der Waals surface area contributed by atoms with Crippen molar-refractivity contribution in [3.63, 3.8) is 0 Å². The average Bonchev–Trinajstić information content (AvgIpc) is 3.31. The molecule has 0 fully saturated rings. The molecule has 136 valence electrons. The summed E-state index contributed by atoms with van der Waals surface area (Å²) in [5.74, 6) is 1.93. The van der Waals surface area contributed by atoms with Gasteiger partial charge in [-0.2, -0.15) is 0 Å². The Kier molecular flexibility index (Phi) is 4.77. The van der Waals surface area contributed by atoms with E-state index in [0.717, 1.165) is 22.1 Å². The van der Waals surface area contributed by atoms with Gasteiger partial charge in [0.2, 0.25) is 11.8 Å². The van der Waals surface area contributed by atoms with Crippen LogP contribution < -0.4 is 0 Å². The van der Waals surface area contributed by atoms with Gasteiger partial charge in [-0.25, -0.2) is 0 Å². The lowest BCUT2D eigenvalue weighted by atomic mass is 10.1. The van der Waals surface area contributed by atoms with Crippen LogP contribution in [0.25, 0.3) is 22.8 Å². The molecule has 2 heterocycles. The van der Waals surface area contributed by atoms with Crippen LogP contribution in [0.3, 0.4) is 0 Å². The first kappa shape index (κ1) is 17.5. The van der Waals surface area contributed by atoms with Gasteiger partial charge in [-0.15, -0.1) is 20.4 Å². The topological polar surface area (TPSA) is 69.6 Å². The summed E-state index contributed by atoms with van der Waals surface area (Å²) in [6.07, 6.45) is 0. The molecule has 2 aromatic carbocycles. The van der Waals surface area contributed by atoms with Crippen molar-refractivity contribution in [1.82, 2.24) is 25.0 Å². The predicted octanol–water partition coefficient (Wildman–Crippen LogP) is 4.69. The second kappa shape index (κ2) is 7.36. The van der Waals surface area contributed by atoms with Gasteiger partial charge in [0.15, 0.2) is 11.0 Å². The van der Waals surface area contributed by atoms with Gasteiger partial charge < -0.3 is 8.98 Å². The zero-order valence-corrected chi connectivity index (χ0v) is 16.1. The zero-order chi connectivity index (χ0) is 18.8. The lowest BCUT2D eigenvalue weighted by molar-refractivity contribution is 0.508. The van der Waals surface area contributed by atoms with Crippen molar-refractivity contribution in [1.29, 1.82) is 0 Å². The quantitative estimate of drug-likeness (QED) is 0.470. The molecule has 2 aromatic heterocycles. The molecule has 0 aliphatic carbocycles. The van der Waals surface area contributed by atoms with Crippen LogP contribution in [-0.2, 0) is 7.05 Å². The Hall–Kier alpha value is -2.93. The second-order valence-corrected chi connectivity index (χ2v) is 7.61. The highest BCUT2D eigenvalue weighted by Gasteiger charge is 2.20. The summed E-state index contributed by atoms with van der Waals surface area (Å²) in [5, 5.41) is 17.8. The number of benzene rings is 2. The molecular weight excluding hydrogens is 358 g/mol. The second-order valence-electron chi connectivity index (χ2n) is 6.30. The van der Waals surface area contributed by atoms with Crippen LogP contribution >= 0.6 is 11.8 Å². The fraction of sp³-hybridized carbons (Fsp3) is 0.200. The van der Waals surface area contributed by atoms with Crippen LogP contribution in [0.4, 0.5) is 0 Å². The molecule has 0 N–H and O–H groups in total. The van der Waals surface area contributed by atoms with Crippen molar-refractivity contribution in [3.8, 4) is 22.8 Å². The summed E-state index contributed by atoms with van der Waals surface area (Å²) in [5.41, 5.74) is 3.17.